The highest BCUT2D eigenvalue weighted by Gasteiger charge is 2.11. The summed E-state index contributed by atoms with van der Waals surface area (Å²) in [6.07, 6.45) is 3.53. The van der Waals surface area contributed by atoms with E-state index in [1.165, 1.54) is 5.56 Å². The van der Waals surface area contributed by atoms with E-state index in [1.807, 2.05) is 18.3 Å². The molecule has 0 spiro atoms. The van der Waals surface area contributed by atoms with Crippen LogP contribution < -0.4 is 14.8 Å². The molecule has 1 aromatic heterocycles. The van der Waals surface area contributed by atoms with E-state index in [1.54, 1.807) is 10.9 Å². The van der Waals surface area contributed by atoms with Gasteiger partial charge in [-0.05, 0) is 17.7 Å². The number of benzene rings is 1. The molecule has 1 N–H and O–H groups in total. The lowest BCUT2D eigenvalue weighted by Gasteiger charge is -2.19. The highest BCUT2D eigenvalue weighted by Crippen LogP contribution is 2.30. The first kappa shape index (κ1) is 12.0. The summed E-state index contributed by atoms with van der Waals surface area (Å²) in [6.45, 7) is 3.70. The Kier molecular flexibility index (Phi) is 3.60. The maximum atomic E-state index is 5.55. The van der Waals surface area contributed by atoms with Crippen molar-refractivity contribution in [3.8, 4) is 11.5 Å². The second-order valence-electron chi connectivity index (χ2n) is 4.32. The van der Waals surface area contributed by atoms with E-state index >= 15 is 0 Å². The summed E-state index contributed by atoms with van der Waals surface area (Å²) in [5.41, 5.74) is 1.18. The van der Waals surface area contributed by atoms with Gasteiger partial charge in [0.1, 0.15) is 13.2 Å². The van der Waals surface area contributed by atoms with Crippen LogP contribution >= 0.6 is 0 Å². The van der Waals surface area contributed by atoms with Crippen molar-refractivity contribution in [2.75, 3.05) is 19.8 Å². The molecule has 0 saturated heterocycles. The van der Waals surface area contributed by atoms with Gasteiger partial charge in [0.25, 0.3) is 0 Å². The van der Waals surface area contributed by atoms with Crippen molar-refractivity contribution < 1.29 is 9.47 Å². The molecular weight excluding hydrogens is 244 g/mol. The number of hydrogen-bond acceptors (Lipinski definition) is 5. The summed E-state index contributed by atoms with van der Waals surface area (Å²) < 4.78 is 12.8. The molecule has 0 saturated carbocycles. The number of fused-ring (bicyclic) bond motifs is 1. The molecule has 6 nitrogen and oxygen atoms in total. The van der Waals surface area contributed by atoms with Gasteiger partial charge in [-0.3, -0.25) is 4.68 Å². The van der Waals surface area contributed by atoms with Crippen LogP contribution in [-0.4, -0.2) is 34.8 Å². The van der Waals surface area contributed by atoms with Crippen LogP contribution in [0.2, 0.25) is 0 Å². The highest BCUT2D eigenvalue weighted by atomic mass is 16.6. The highest BCUT2D eigenvalue weighted by molar-refractivity contribution is 5.43. The predicted molar refractivity (Wildman–Crippen MR) is 69.2 cm³/mol. The van der Waals surface area contributed by atoms with E-state index in [9.17, 15) is 0 Å². The summed E-state index contributed by atoms with van der Waals surface area (Å²) in [6, 6.07) is 6.04. The lowest BCUT2D eigenvalue weighted by Crippen LogP contribution is -2.20. The largest absolute Gasteiger partial charge is 0.486 e. The number of nitrogens with one attached hydrogen (secondary N) is 1. The Morgan fingerprint density at radius 2 is 2.11 bits per heavy atom. The summed E-state index contributed by atoms with van der Waals surface area (Å²) >= 11 is 0. The van der Waals surface area contributed by atoms with Crippen LogP contribution in [0.1, 0.15) is 5.56 Å². The molecule has 0 amide bonds. The Morgan fingerprint density at radius 1 is 1.21 bits per heavy atom. The second kappa shape index (κ2) is 5.71. The van der Waals surface area contributed by atoms with Crippen molar-refractivity contribution in [1.82, 2.24) is 20.3 Å². The van der Waals surface area contributed by atoms with E-state index in [0.717, 1.165) is 31.1 Å². The third-order valence-electron chi connectivity index (χ3n) is 2.93. The molecule has 1 aromatic carbocycles. The van der Waals surface area contributed by atoms with E-state index in [4.69, 9.17) is 9.47 Å². The van der Waals surface area contributed by atoms with Gasteiger partial charge in [0.2, 0.25) is 0 Å². The predicted octanol–water partition coefficient (Wildman–Crippen LogP) is 0.839. The van der Waals surface area contributed by atoms with Crippen molar-refractivity contribution in [1.29, 1.82) is 0 Å². The van der Waals surface area contributed by atoms with Gasteiger partial charge in [-0.25, -0.2) is 0 Å². The Morgan fingerprint density at radius 3 is 2.95 bits per heavy atom. The molecule has 6 heteroatoms. The molecule has 0 aliphatic carbocycles. The fourth-order valence-electron chi connectivity index (χ4n) is 1.98. The van der Waals surface area contributed by atoms with Crippen molar-refractivity contribution in [2.24, 2.45) is 0 Å². The number of ether oxygens (including phenoxy) is 2. The summed E-state index contributed by atoms with van der Waals surface area (Å²) in [5.74, 6) is 1.67. The Bertz CT molecular complexity index is 527. The zero-order chi connectivity index (χ0) is 12.9. The van der Waals surface area contributed by atoms with Crippen molar-refractivity contribution in [2.45, 2.75) is 13.1 Å². The molecule has 2 heterocycles. The number of hydrogen-bond donors (Lipinski definition) is 1. The second-order valence-corrected chi connectivity index (χ2v) is 4.32. The van der Waals surface area contributed by atoms with Gasteiger partial charge < -0.3 is 14.8 Å². The molecule has 0 radical (unpaired) electrons. The van der Waals surface area contributed by atoms with E-state index < -0.39 is 0 Å². The van der Waals surface area contributed by atoms with Crippen LogP contribution in [0.4, 0.5) is 0 Å². The van der Waals surface area contributed by atoms with Crippen LogP contribution in [0.15, 0.2) is 30.6 Å². The maximum absolute atomic E-state index is 5.55. The van der Waals surface area contributed by atoms with Crippen LogP contribution in [-0.2, 0) is 13.1 Å². The van der Waals surface area contributed by atoms with Gasteiger partial charge in [-0.1, -0.05) is 11.3 Å². The van der Waals surface area contributed by atoms with Crippen LogP contribution in [0, 0.1) is 0 Å². The molecule has 100 valence electrons. The first-order valence-corrected chi connectivity index (χ1v) is 6.35. The molecule has 0 atom stereocenters. The normalized spacial score (nSPS) is 13.5. The minimum Gasteiger partial charge on any atom is -0.486 e. The number of rotatable bonds is 5. The van der Waals surface area contributed by atoms with Crippen LogP contribution in [0.25, 0.3) is 0 Å². The minimum atomic E-state index is 0.621. The van der Waals surface area contributed by atoms with Crippen molar-refractivity contribution in [3.63, 3.8) is 0 Å². The standard InChI is InChI=1S/C13H16N4O2/c1-2-12-13(19-8-7-18-12)9-11(1)10-14-3-5-17-6-4-15-16-17/h1-2,4,6,9,14H,3,5,7-8,10H2. The van der Waals surface area contributed by atoms with Gasteiger partial charge in [0, 0.05) is 19.3 Å². The Balaban J connectivity index is 1.50. The third-order valence-corrected chi connectivity index (χ3v) is 2.93. The van der Waals surface area contributed by atoms with Crippen molar-refractivity contribution in [3.05, 3.63) is 36.2 Å². The molecule has 0 bridgehead atoms. The topological polar surface area (TPSA) is 61.2 Å². The Hall–Kier alpha value is -2.08. The molecular formula is C13H16N4O2. The first-order chi connectivity index (χ1) is 9.42. The SMILES string of the molecule is c1cn(CCNCc2ccc3c(c2)OCCO3)nn1. The summed E-state index contributed by atoms with van der Waals surface area (Å²) in [7, 11) is 0. The lowest BCUT2D eigenvalue weighted by atomic mass is 10.2. The van der Waals surface area contributed by atoms with Crippen LogP contribution in [0.3, 0.4) is 0 Å². The summed E-state index contributed by atoms with van der Waals surface area (Å²) in [5, 5.41) is 11.0. The molecule has 1 aliphatic rings. The molecule has 0 fully saturated rings. The van der Waals surface area contributed by atoms with E-state index in [-0.39, 0.29) is 0 Å². The first-order valence-electron chi connectivity index (χ1n) is 6.35. The third kappa shape index (κ3) is 3.03. The van der Waals surface area contributed by atoms with Gasteiger partial charge in [0.15, 0.2) is 11.5 Å². The summed E-state index contributed by atoms with van der Waals surface area (Å²) in [4.78, 5) is 0. The van der Waals surface area contributed by atoms with Crippen LogP contribution in [0.5, 0.6) is 11.5 Å². The van der Waals surface area contributed by atoms with Gasteiger partial charge in [-0.15, -0.1) is 5.10 Å². The zero-order valence-electron chi connectivity index (χ0n) is 10.6. The number of aromatic nitrogens is 3. The van der Waals surface area contributed by atoms with E-state index in [2.05, 4.69) is 21.7 Å². The van der Waals surface area contributed by atoms with Gasteiger partial charge in [-0.2, -0.15) is 0 Å². The van der Waals surface area contributed by atoms with E-state index in [0.29, 0.717) is 13.2 Å². The molecule has 19 heavy (non-hydrogen) atoms. The molecule has 0 unspecified atom stereocenters. The number of nitrogens with zero attached hydrogens (tertiary/aromatic N) is 3. The average Bonchev–Trinajstić information content (AvgIpc) is 2.97. The molecule has 1 aliphatic heterocycles. The quantitative estimate of drug-likeness (QED) is 0.807. The fourth-order valence-corrected chi connectivity index (χ4v) is 1.98. The Labute approximate surface area is 111 Å². The molecule has 2 aromatic rings. The smallest absolute Gasteiger partial charge is 0.161 e. The average molecular weight is 260 g/mol. The minimum absolute atomic E-state index is 0.621. The van der Waals surface area contributed by atoms with Gasteiger partial charge in [0.05, 0.1) is 12.7 Å². The monoisotopic (exact) mass is 260 g/mol. The maximum Gasteiger partial charge on any atom is 0.161 e. The fraction of sp³-hybridized carbons (Fsp3) is 0.385. The van der Waals surface area contributed by atoms with Gasteiger partial charge >= 0.3 is 0 Å². The lowest BCUT2D eigenvalue weighted by molar-refractivity contribution is 0.171. The van der Waals surface area contributed by atoms with Crippen molar-refractivity contribution >= 4 is 0 Å². The zero-order valence-corrected chi connectivity index (χ0v) is 10.6. The molecule has 3 rings (SSSR count).